The van der Waals surface area contributed by atoms with Crippen LogP contribution in [0.5, 0.6) is 0 Å². The Morgan fingerprint density at radius 3 is 2.57 bits per heavy atom. The number of H-pyrrole nitrogens is 1. The number of aromatic nitrogens is 1. The Morgan fingerprint density at radius 1 is 1.38 bits per heavy atom. The number of anilines is 1. The van der Waals surface area contributed by atoms with Crippen molar-refractivity contribution in [3.8, 4) is 0 Å². The van der Waals surface area contributed by atoms with Crippen LogP contribution in [-0.4, -0.2) is 10.9 Å². The lowest BCUT2D eigenvalue weighted by molar-refractivity contribution is -0.137. The summed E-state index contributed by atoms with van der Waals surface area (Å²) in [6, 6.07) is 2.61. The van der Waals surface area contributed by atoms with Crippen molar-refractivity contribution in [2.45, 2.75) is 13.1 Å². The van der Waals surface area contributed by atoms with Gasteiger partial charge in [0, 0.05) is 5.69 Å². The van der Waals surface area contributed by atoms with E-state index in [9.17, 15) is 22.8 Å². The van der Waals surface area contributed by atoms with E-state index in [1.165, 1.54) is 6.92 Å². The number of carbonyl (C=O) groups is 1. The number of amides is 1. The molecule has 0 atom stereocenters. The average molecular weight is 337 g/mol. The third-order valence-electron chi connectivity index (χ3n) is 2.57. The van der Waals surface area contributed by atoms with Gasteiger partial charge in [0.2, 0.25) is 0 Å². The fraction of sp³-hybridized carbons (Fsp3) is 0.167. The van der Waals surface area contributed by atoms with Gasteiger partial charge in [-0.1, -0.05) is 22.9 Å². The highest BCUT2D eigenvalue weighted by Gasteiger charge is 2.31. The van der Waals surface area contributed by atoms with E-state index >= 15 is 0 Å². The van der Waals surface area contributed by atoms with Gasteiger partial charge in [-0.3, -0.25) is 9.59 Å². The minimum absolute atomic E-state index is 0.0307. The fourth-order valence-electron chi connectivity index (χ4n) is 1.60. The van der Waals surface area contributed by atoms with Crippen LogP contribution in [0.4, 0.5) is 18.9 Å². The molecule has 1 heterocycles. The molecule has 0 unspecified atom stereocenters. The number of halogens is 4. The maximum atomic E-state index is 12.6. The first-order valence-electron chi connectivity index (χ1n) is 5.56. The predicted octanol–water partition coefficient (Wildman–Crippen LogP) is 3.67. The van der Waals surface area contributed by atoms with Crippen molar-refractivity contribution >= 4 is 34.5 Å². The summed E-state index contributed by atoms with van der Waals surface area (Å²) in [5, 5.41) is 2.24. The molecular formula is C12H8ClF3N2O2S. The van der Waals surface area contributed by atoms with E-state index in [4.69, 9.17) is 11.6 Å². The van der Waals surface area contributed by atoms with Gasteiger partial charge in [-0.15, -0.1) is 0 Å². The Bertz CT molecular complexity index is 752. The van der Waals surface area contributed by atoms with Gasteiger partial charge in [0.05, 0.1) is 16.3 Å². The molecule has 21 heavy (non-hydrogen) atoms. The monoisotopic (exact) mass is 336 g/mol. The molecule has 2 aromatic rings. The zero-order valence-corrected chi connectivity index (χ0v) is 12.0. The summed E-state index contributed by atoms with van der Waals surface area (Å²) in [6.07, 6.45) is -4.54. The summed E-state index contributed by atoms with van der Waals surface area (Å²) in [5.41, 5.74) is -0.761. The van der Waals surface area contributed by atoms with Crippen LogP contribution in [0.25, 0.3) is 0 Å². The number of hydrogen-bond acceptors (Lipinski definition) is 3. The zero-order chi connectivity index (χ0) is 15.8. The first-order chi connectivity index (χ1) is 9.68. The molecule has 1 aromatic heterocycles. The number of thiazole rings is 1. The molecule has 0 aliphatic heterocycles. The molecule has 0 bridgehead atoms. The average Bonchev–Trinajstić information content (AvgIpc) is 2.70. The lowest BCUT2D eigenvalue weighted by Gasteiger charge is -2.11. The van der Waals surface area contributed by atoms with Gasteiger partial charge in [0.15, 0.2) is 0 Å². The number of nitrogens with one attached hydrogen (secondary N) is 2. The highest BCUT2D eigenvalue weighted by atomic mass is 35.5. The zero-order valence-electron chi connectivity index (χ0n) is 10.5. The maximum absolute atomic E-state index is 12.6. The van der Waals surface area contributed by atoms with Crippen LogP contribution in [0.3, 0.4) is 0 Å². The molecule has 2 N–H and O–H groups in total. The number of aryl methyl sites for hydroxylation is 1. The van der Waals surface area contributed by atoms with Gasteiger partial charge in [0.1, 0.15) is 4.88 Å². The van der Waals surface area contributed by atoms with Crippen molar-refractivity contribution < 1.29 is 18.0 Å². The smallest absolute Gasteiger partial charge is 0.320 e. The van der Waals surface area contributed by atoms with Crippen molar-refractivity contribution in [2.75, 3.05) is 5.32 Å². The molecule has 0 aliphatic carbocycles. The summed E-state index contributed by atoms with van der Waals surface area (Å²) < 4.78 is 37.9. The van der Waals surface area contributed by atoms with Crippen LogP contribution in [0, 0.1) is 6.92 Å². The molecule has 1 amide bonds. The van der Waals surface area contributed by atoms with Crippen molar-refractivity contribution in [3.05, 3.63) is 49.0 Å². The highest BCUT2D eigenvalue weighted by molar-refractivity contribution is 7.11. The summed E-state index contributed by atoms with van der Waals surface area (Å²) in [4.78, 5) is 25.2. The number of benzene rings is 1. The molecular weight excluding hydrogens is 329 g/mol. The summed E-state index contributed by atoms with van der Waals surface area (Å²) in [5.74, 6) is -0.697. The fourth-order valence-corrected chi connectivity index (χ4v) is 2.50. The topological polar surface area (TPSA) is 62.0 Å². The molecule has 0 spiro atoms. The Morgan fingerprint density at radius 2 is 2.05 bits per heavy atom. The minimum atomic E-state index is -4.54. The van der Waals surface area contributed by atoms with Crippen LogP contribution in [0.15, 0.2) is 23.0 Å². The Balaban J connectivity index is 2.33. The standard InChI is InChI=1S/C12H8ClF3N2O2S/c1-5-9(21-11(20)17-5)10(19)18-8-4-6(12(14,15)16)2-3-7(8)13/h2-4H,1H3,(H,17,20)(H,18,19). The van der Waals surface area contributed by atoms with Crippen molar-refractivity contribution in [1.82, 2.24) is 4.98 Å². The van der Waals surface area contributed by atoms with E-state index in [0.717, 1.165) is 18.2 Å². The van der Waals surface area contributed by atoms with E-state index in [1.807, 2.05) is 0 Å². The molecule has 4 nitrogen and oxygen atoms in total. The summed E-state index contributed by atoms with van der Waals surface area (Å²) in [7, 11) is 0. The lowest BCUT2D eigenvalue weighted by Crippen LogP contribution is -2.13. The van der Waals surface area contributed by atoms with Crippen LogP contribution in [0.1, 0.15) is 20.9 Å². The first kappa shape index (κ1) is 15.6. The van der Waals surface area contributed by atoms with Crippen LogP contribution in [0.2, 0.25) is 5.02 Å². The van der Waals surface area contributed by atoms with Gasteiger partial charge in [-0.05, 0) is 25.1 Å². The lowest BCUT2D eigenvalue weighted by atomic mass is 10.2. The van der Waals surface area contributed by atoms with Crippen molar-refractivity contribution in [2.24, 2.45) is 0 Å². The Hall–Kier alpha value is -1.80. The second kappa shape index (κ2) is 5.53. The quantitative estimate of drug-likeness (QED) is 0.879. The largest absolute Gasteiger partial charge is 0.416 e. The van der Waals surface area contributed by atoms with E-state index in [2.05, 4.69) is 10.3 Å². The SMILES string of the molecule is Cc1[nH]c(=O)sc1C(=O)Nc1cc(C(F)(F)F)ccc1Cl. The number of alkyl halides is 3. The molecule has 0 aliphatic rings. The second-order valence-corrected chi connectivity index (χ2v) is 5.51. The normalized spacial score (nSPS) is 11.5. The molecule has 9 heteroatoms. The van der Waals surface area contributed by atoms with Gasteiger partial charge in [-0.2, -0.15) is 13.2 Å². The van der Waals surface area contributed by atoms with E-state index in [0.29, 0.717) is 17.0 Å². The number of carbonyl (C=O) groups excluding carboxylic acids is 1. The molecule has 1 aromatic carbocycles. The molecule has 112 valence electrons. The molecule has 0 saturated carbocycles. The van der Waals surface area contributed by atoms with Gasteiger partial charge >= 0.3 is 11.0 Å². The minimum Gasteiger partial charge on any atom is -0.320 e. The van der Waals surface area contributed by atoms with Gasteiger partial charge in [0.25, 0.3) is 5.91 Å². The van der Waals surface area contributed by atoms with E-state index in [1.54, 1.807) is 0 Å². The van der Waals surface area contributed by atoms with Crippen molar-refractivity contribution in [1.29, 1.82) is 0 Å². The number of rotatable bonds is 2. The van der Waals surface area contributed by atoms with Gasteiger partial charge < -0.3 is 10.3 Å². The first-order valence-corrected chi connectivity index (χ1v) is 6.75. The van der Waals surface area contributed by atoms with Crippen LogP contribution in [-0.2, 0) is 6.18 Å². The molecule has 2 rings (SSSR count). The van der Waals surface area contributed by atoms with E-state index < -0.39 is 22.5 Å². The Kier molecular flexibility index (Phi) is 4.11. The summed E-state index contributed by atoms with van der Waals surface area (Å²) >= 11 is 6.44. The molecule has 0 saturated heterocycles. The molecule has 0 fully saturated rings. The van der Waals surface area contributed by atoms with Crippen molar-refractivity contribution in [3.63, 3.8) is 0 Å². The Labute approximate surface area is 125 Å². The summed E-state index contributed by atoms with van der Waals surface area (Å²) in [6.45, 7) is 1.51. The molecule has 0 radical (unpaired) electrons. The third kappa shape index (κ3) is 3.45. The second-order valence-electron chi connectivity index (χ2n) is 4.12. The highest BCUT2D eigenvalue weighted by Crippen LogP contribution is 2.34. The number of hydrogen-bond donors (Lipinski definition) is 2. The van der Waals surface area contributed by atoms with Crippen LogP contribution >= 0.6 is 22.9 Å². The number of aromatic amines is 1. The van der Waals surface area contributed by atoms with Crippen LogP contribution < -0.4 is 10.2 Å². The maximum Gasteiger partial charge on any atom is 0.416 e. The third-order valence-corrected chi connectivity index (χ3v) is 3.89. The predicted molar refractivity (Wildman–Crippen MR) is 74.1 cm³/mol. The van der Waals surface area contributed by atoms with Gasteiger partial charge in [-0.25, -0.2) is 0 Å². The van der Waals surface area contributed by atoms with E-state index in [-0.39, 0.29) is 15.6 Å².